The molecule has 1 aromatic rings. The summed E-state index contributed by atoms with van der Waals surface area (Å²) in [6.07, 6.45) is 1.96. The van der Waals surface area contributed by atoms with Gasteiger partial charge in [-0.3, -0.25) is 4.79 Å². The normalized spacial score (nSPS) is 13.4. The highest BCUT2D eigenvalue weighted by Crippen LogP contribution is 2.18. The van der Waals surface area contributed by atoms with Crippen LogP contribution in [0.1, 0.15) is 23.2 Å². The fraction of sp³-hybridized carbons (Fsp3) is 0.357. The van der Waals surface area contributed by atoms with E-state index < -0.39 is 12.0 Å². The molecule has 1 saturated carbocycles. The van der Waals surface area contributed by atoms with Gasteiger partial charge in [0.2, 0.25) is 5.91 Å². The Kier molecular flexibility index (Phi) is 4.42. The van der Waals surface area contributed by atoms with Crippen molar-refractivity contribution in [2.45, 2.75) is 18.9 Å². The van der Waals surface area contributed by atoms with Crippen LogP contribution in [0.2, 0.25) is 0 Å². The van der Waals surface area contributed by atoms with Crippen molar-refractivity contribution < 1.29 is 19.5 Å². The molecule has 1 aliphatic carbocycles. The molecule has 3 amide bonds. The topological polar surface area (TPSA) is 98.7 Å². The fourth-order valence-corrected chi connectivity index (χ4v) is 1.78. The molecule has 0 spiro atoms. The first-order chi connectivity index (χ1) is 9.97. The number of rotatable bonds is 5. The van der Waals surface area contributed by atoms with Crippen molar-refractivity contribution in [2.75, 3.05) is 18.9 Å². The van der Waals surface area contributed by atoms with E-state index in [0.717, 1.165) is 12.8 Å². The van der Waals surface area contributed by atoms with Crippen molar-refractivity contribution in [2.24, 2.45) is 0 Å². The van der Waals surface area contributed by atoms with Crippen LogP contribution < -0.4 is 10.6 Å². The Morgan fingerprint density at radius 1 is 1.29 bits per heavy atom. The first-order valence-corrected chi connectivity index (χ1v) is 6.61. The van der Waals surface area contributed by atoms with Gasteiger partial charge in [0.15, 0.2) is 0 Å². The molecular formula is C14H17N3O4. The smallest absolute Gasteiger partial charge is 0.337 e. The molecule has 7 heteroatoms. The Morgan fingerprint density at radius 3 is 2.57 bits per heavy atom. The standard InChI is InChI=1S/C14H17N3O4/c1-17(8-12(18)15-9-6-7-9)14(21)16-11-5-3-2-4-10(11)13(19)20/h2-5,9H,6-8H2,1H3,(H,15,18)(H,16,21)(H,19,20). The van der Waals surface area contributed by atoms with E-state index in [9.17, 15) is 14.4 Å². The lowest BCUT2D eigenvalue weighted by molar-refractivity contribution is -0.121. The molecule has 0 bridgehead atoms. The van der Waals surface area contributed by atoms with Crippen molar-refractivity contribution in [3.63, 3.8) is 0 Å². The van der Waals surface area contributed by atoms with Crippen LogP contribution in [-0.2, 0) is 4.79 Å². The van der Waals surface area contributed by atoms with Crippen molar-refractivity contribution in [1.29, 1.82) is 0 Å². The minimum absolute atomic E-state index is 0.00156. The number of nitrogens with zero attached hydrogens (tertiary/aromatic N) is 1. The summed E-state index contributed by atoms with van der Waals surface area (Å²) in [5.41, 5.74) is 0.200. The van der Waals surface area contributed by atoms with Gasteiger partial charge in [-0.05, 0) is 25.0 Å². The number of amides is 3. The third-order valence-corrected chi connectivity index (χ3v) is 3.07. The molecule has 1 aliphatic rings. The molecule has 21 heavy (non-hydrogen) atoms. The average molecular weight is 291 g/mol. The third kappa shape index (κ3) is 4.20. The van der Waals surface area contributed by atoms with Crippen molar-refractivity contribution in [3.05, 3.63) is 29.8 Å². The number of hydrogen-bond donors (Lipinski definition) is 3. The number of anilines is 1. The molecule has 112 valence electrons. The number of nitrogens with one attached hydrogen (secondary N) is 2. The fourth-order valence-electron chi connectivity index (χ4n) is 1.78. The quantitative estimate of drug-likeness (QED) is 0.757. The van der Waals surface area contributed by atoms with Gasteiger partial charge < -0.3 is 20.6 Å². The summed E-state index contributed by atoms with van der Waals surface area (Å²) < 4.78 is 0. The molecule has 0 aromatic heterocycles. The van der Waals surface area contributed by atoms with E-state index in [4.69, 9.17) is 5.11 Å². The highest BCUT2D eigenvalue weighted by Gasteiger charge is 2.24. The highest BCUT2D eigenvalue weighted by atomic mass is 16.4. The molecule has 0 aliphatic heterocycles. The van der Waals surface area contributed by atoms with Crippen molar-refractivity contribution >= 4 is 23.6 Å². The predicted molar refractivity (Wildman–Crippen MR) is 76.2 cm³/mol. The second-order valence-electron chi connectivity index (χ2n) is 4.98. The van der Waals surface area contributed by atoms with Crippen LogP contribution >= 0.6 is 0 Å². The van der Waals surface area contributed by atoms with Crippen LogP contribution in [0.4, 0.5) is 10.5 Å². The Hall–Kier alpha value is -2.57. The molecule has 2 rings (SSSR count). The summed E-state index contributed by atoms with van der Waals surface area (Å²) in [6.45, 7) is -0.0719. The summed E-state index contributed by atoms with van der Waals surface area (Å²) in [5.74, 6) is -1.35. The van der Waals surface area contributed by atoms with Crippen molar-refractivity contribution in [1.82, 2.24) is 10.2 Å². The van der Waals surface area contributed by atoms with Gasteiger partial charge in [0.1, 0.15) is 6.54 Å². The first kappa shape index (κ1) is 14.8. The Bertz CT molecular complexity index is 569. The maximum absolute atomic E-state index is 12.0. The second-order valence-corrected chi connectivity index (χ2v) is 4.98. The number of carbonyl (C=O) groups is 3. The number of benzene rings is 1. The lowest BCUT2D eigenvalue weighted by Gasteiger charge is -2.18. The monoisotopic (exact) mass is 291 g/mol. The molecule has 0 saturated heterocycles. The lowest BCUT2D eigenvalue weighted by Crippen LogP contribution is -2.41. The van der Waals surface area contributed by atoms with E-state index in [1.54, 1.807) is 12.1 Å². The van der Waals surface area contributed by atoms with Gasteiger partial charge in [0.25, 0.3) is 0 Å². The molecule has 0 atom stereocenters. The number of para-hydroxylation sites is 1. The van der Waals surface area contributed by atoms with Crippen molar-refractivity contribution in [3.8, 4) is 0 Å². The number of likely N-dealkylation sites (N-methyl/N-ethyl adjacent to an activating group) is 1. The maximum atomic E-state index is 12.0. The van der Waals surface area contributed by atoms with E-state index in [0.29, 0.717) is 0 Å². The maximum Gasteiger partial charge on any atom is 0.337 e. The Balaban J connectivity index is 1.93. The van der Waals surface area contributed by atoms with Crippen LogP contribution in [0.25, 0.3) is 0 Å². The summed E-state index contributed by atoms with van der Waals surface area (Å²) in [7, 11) is 1.48. The second kappa shape index (κ2) is 6.25. The molecule has 7 nitrogen and oxygen atoms in total. The minimum Gasteiger partial charge on any atom is -0.478 e. The summed E-state index contributed by atoms with van der Waals surface area (Å²) in [4.78, 5) is 35.8. The molecule has 1 fully saturated rings. The highest BCUT2D eigenvalue weighted by molar-refractivity contribution is 6.00. The zero-order valence-corrected chi connectivity index (χ0v) is 11.6. The molecule has 0 heterocycles. The van der Waals surface area contributed by atoms with Gasteiger partial charge in [-0.25, -0.2) is 9.59 Å². The van der Waals surface area contributed by atoms with E-state index in [1.807, 2.05) is 0 Å². The molecule has 0 radical (unpaired) electrons. The van der Waals surface area contributed by atoms with Gasteiger partial charge in [0, 0.05) is 13.1 Å². The van der Waals surface area contributed by atoms with Crippen LogP contribution in [0.5, 0.6) is 0 Å². The zero-order valence-electron chi connectivity index (χ0n) is 11.6. The van der Waals surface area contributed by atoms with Gasteiger partial charge in [-0.2, -0.15) is 0 Å². The Morgan fingerprint density at radius 2 is 1.95 bits per heavy atom. The van der Waals surface area contributed by atoms with Crippen LogP contribution in [-0.4, -0.2) is 47.5 Å². The van der Waals surface area contributed by atoms with Crippen LogP contribution in [0, 0.1) is 0 Å². The van der Waals surface area contributed by atoms with E-state index >= 15 is 0 Å². The van der Waals surface area contributed by atoms with E-state index in [2.05, 4.69) is 10.6 Å². The number of aromatic carboxylic acids is 1. The molecule has 1 aromatic carbocycles. The molecule has 3 N–H and O–H groups in total. The van der Waals surface area contributed by atoms with Gasteiger partial charge in [0.05, 0.1) is 11.3 Å². The number of hydrogen-bond acceptors (Lipinski definition) is 3. The summed E-state index contributed by atoms with van der Waals surface area (Å²) in [5, 5.41) is 14.3. The third-order valence-electron chi connectivity index (χ3n) is 3.07. The molecular weight excluding hydrogens is 274 g/mol. The van der Waals surface area contributed by atoms with Crippen LogP contribution in [0.15, 0.2) is 24.3 Å². The van der Waals surface area contributed by atoms with Gasteiger partial charge in [-0.1, -0.05) is 12.1 Å². The predicted octanol–water partition coefficient (Wildman–Crippen LogP) is 1.13. The van der Waals surface area contributed by atoms with E-state index in [1.165, 1.54) is 24.1 Å². The minimum atomic E-state index is -1.12. The SMILES string of the molecule is CN(CC(=O)NC1CC1)C(=O)Nc1ccccc1C(=O)O. The zero-order chi connectivity index (χ0) is 15.4. The van der Waals surface area contributed by atoms with E-state index in [-0.39, 0.29) is 29.7 Å². The molecule has 0 unspecified atom stereocenters. The number of carbonyl (C=O) groups excluding carboxylic acids is 2. The first-order valence-electron chi connectivity index (χ1n) is 6.61. The summed E-state index contributed by atoms with van der Waals surface area (Å²) >= 11 is 0. The lowest BCUT2D eigenvalue weighted by atomic mass is 10.2. The number of carboxylic acid groups (broad SMARTS) is 1. The number of urea groups is 1. The summed E-state index contributed by atoms with van der Waals surface area (Å²) in [6, 6.07) is 5.81. The van der Waals surface area contributed by atoms with Crippen LogP contribution in [0.3, 0.4) is 0 Å². The average Bonchev–Trinajstić information content (AvgIpc) is 3.22. The van der Waals surface area contributed by atoms with Gasteiger partial charge >= 0.3 is 12.0 Å². The largest absolute Gasteiger partial charge is 0.478 e. The number of carboxylic acids is 1. The van der Waals surface area contributed by atoms with Gasteiger partial charge in [-0.15, -0.1) is 0 Å². The Labute approximate surface area is 121 Å².